The molecule has 0 saturated carbocycles. The van der Waals surface area contributed by atoms with Gasteiger partial charge in [0, 0.05) is 38.1 Å². The number of halogens is 1. The maximum Gasteiger partial charge on any atom is 0.260 e. The predicted molar refractivity (Wildman–Crippen MR) is 104 cm³/mol. The van der Waals surface area contributed by atoms with Crippen molar-refractivity contribution in [1.82, 2.24) is 14.9 Å². The molecular weight excluding hydrogens is 368 g/mol. The van der Waals surface area contributed by atoms with Gasteiger partial charge in [0.25, 0.3) is 11.8 Å². The number of piperidine rings is 1. The van der Waals surface area contributed by atoms with Gasteiger partial charge in [-0.3, -0.25) is 4.79 Å². The zero-order chi connectivity index (χ0) is 19.2. The molecule has 0 radical (unpaired) electrons. The molecule has 1 unspecified atom stereocenters. The second kappa shape index (κ2) is 8.90. The Balaban J connectivity index is 1.56. The third-order valence-electron chi connectivity index (χ3n) is 4.26. The van der Waals surface area contributed by atoms with Crippen molar-refractivity contribution in [2.24, 2.45) is 0 Å². The molecule has 0 aliphatic carbocycles. The summed E-state index contributed by atoms with van der Waals surface area (Å²) in [5, 5.41) is 0.630. The lowest BCUT2D eigenvalue weighted by Gasteiger charge is -2.33. The smallest absolute Gasteiger partial charge is 0.260 e. The van der Waals surface area contributed by atoms with Crippen LogP contribution in [-0.4, -0.2) is 60.7 Å². The number of rotatable bonds is 6. The summed E-state index contributed by atoms with van der Waals surface area (Å²) in [5.41, 5.74) is 0. The lowest BCUT2D eigenvalue weighted by molar-refractivity contribution is -0.136. The Morgan fingerprint density at radius 1 is 1.26 bits per heavy atom. The summed E-state index contributed by atoms with van der Waals surface area (Å²) >= 11 is 5.85. The number of anilines is 1. The standard InChI is InChI=1S/C19H23ClN4O3/c1-23(2)18-19(22-10-9-21-18)27-16-4-3-11-24(12-16)17(25)13-26-15-7-5-14(20)6-8-15/h5-10,16H,3-4,11-13H2,1-2H3. The number of likely N-dealkylation sites (tertiary alicyclic amines) is 1. The van der Waals surface area contributed by atoms with Crippen molar-refractivity contribution in [1.29, 1.82) is 0 Å². The molecule has 1 fully saturated rings. The van der Waals surface area contributed by atoms with Crippen molar-refractivity contribution in [2.75, 3.05) is 38.7 Å². The van der Waals surface area contributed by atoms with E-state index in [0.29, 0.717) is 35.6 Å². The lowest BCUT2D eigenvalue weighted by atomic mass is 10.1. The van der Waals surface area contributed by atoms with Crippen LogP contribution in [0.3, 0.4) is 0 Å². The van der Waals surface area contributed by atoms with Gasteiger partial charge in [-0.1, -0.05) is 11.6 Å². The SMILES string of the molecule is CN(C)c1nccnc1OC1CCCN(C(=O)COc2ccc(Cl)cc2)C1. The summed E-state index contributed by atoms with van der Waals surface area (Å²) in [6, 6.07) is 6.95. The molecule has 8 heteroatoms. The molecule has 1 saturated heterocycles. The van der Waals surface area contributed by atoms with Crippen LogP contribution in [0.2, 0.25) is 5.02 Å². The average Bonchev–Trinajstić information content (AvgIpc) is 2.68. The van der Waals surface area contributed by atoms with Crippen LogP contribution in [0.15, 0.2) is 36.7 Å². The number of hydrogen-bond acceptors (Lipinski definition) is 6. The topological polar surface area (TPSA) is 67.8 Å². The van der Waals surface area contributed by atoms with E-state index >= 15 is 0 Å². The van der Waals surface area contributed by atoms with Crippen molar-refractivity contribution in [2.45, 2.75) is 18.9 Å². The predicted octanol–water partition coefficient (Wildman–Crippen LogP) is 2.64. The third-order valence-corrected chi connectivity index (χ3v) is 4.51. The van der Waals surface area contributed by atoms with Crippen molar-refractivity contribution in [3.8, 4) is 11.6 Å². The summed E-state index contributed by atoms with van der Waals surface area (Å²) in [7, 11) is 3.78. The van der Waals surface area contributed by atoms with Gasteiger partial charge in [-0.25, -0.2) is 9.97 Å². The summed E-state index contributed by atoms with van der Waals surface area (Å²) < 4.78 is 11.6. The molecule has 1 atom stereocenters. The first-order valence-electron chi connectivity index (χ1n) is 8.84. The first-order valence-corrected chi connectivity index (χ1v) is 9.22. The highest BCUT2D eigenvalue weighted by atomic mass is 35.5. The van der Waals surface area contributed by atoms with Crippen LogP contribution in [0.25, 0.3) is 0 Å². The summed E-state index contributed by atoms with van der Waals surface area (Å²) in [6.45, 7) is 1.19. The first-order chi connectivity index (χ1) is 13.0. The molecule has 0 spiro atoms. The van der Waals surface area contributed by atoms with Crippen molar-refractivity contribution >= 4 is 23.3 Å². The van der Waals surface area contributed by atoms with E-state index in [2.05, 4.69) is 9.97 Å². The Hall–Kier alpha value is -2.54. The van der Waals surface area contributed by atoms with Gasteiger partial charge in [0.05, 0.1) is 6.54 Å². The van der Waals surface area contributed by atoms with Crippen molar-refractivity contribution in [3.63, 3.8) is 0 Å². The van der Waals surface area contributed by atoms with Crippen LogP contribution in [-0.2, 0) is 4.79 Å². The molecule has 1 aliphatic heterocycles. The third kappa shape index (κ3) is 5.23. The molecule has 2 heterocycles. The second-order valence-electron chi connectivity index (χ2n) is 6.54. The number of carbonyl (C=O) groups is 1. The summed E-state index contributed by atoms with van der Waals surface area (Å²) in [5.74, 6) is 1.71. The van der Waals surface area contributed by atoms with E-state index < -0.39 is 0 Å². The molecule has 27 heavy (non-hydrogen) atoms. The van der Waals surface area contributed by atoms with Gasteiger partial charge in [0.15, 0.2) is 12.4 Å². The van der Waals surface area contributed by atoms with Gasteiger partial charge >= 0.3 is 0 Å². The summed E-state index contributed by atoms with van der Waals surface area (Å²) in [6.07, 6.45) is 4.86. The summed E-state index contributed by atoms with van der Waals surface area (Å²) in [4.78, 5) is 24.7. The number of carbonyl (C=O) groups excluding carboxylic acids is 1. The minimum atomic E-state index is -0.117. The number of ether oxygens (including phenoxy) is 2. The second-order valence-corrected chi connectivity index (χ2v) is 6.98. The maximum atomic E-state index is 12.5. The van der Waals surface area contributed by atoms with Gasteiger partial charge in [-0.2, -0.15) is 0 Å². The highest BCUT2D eigenvalue weighted by Crippen LogP contribution is 2.24. The van der Waals surface area contributed by atoms with Crippen LogP contribution >= 0.6 is 11.6 Å². The van der Waals surface area contributed by atoms with Gasteiger partial charge < -0.3 is 19.3 Å². The maximum absolute atomic E-state index is 12.5. The molecular formula is C19H23ClN4O3. The molecule has 3 rings (SSSR count). The molecule has 1 aliphatic rings. The number of benzene rings is 1. The molecule has 1 aromatic carbocycles. The number of aromatic nitrogens is 2. The normalized spacial score (nSPS) is 16.7. The van der Waals surface area contributed by atoms with E-state index in [4.69, 9.17) is 21.1 Å². The van der Waals surface area contributed by atoms with E-state index in [9.17, 15) is 4.79 Å². The molecule has 7 nitrogen and oxygen atoms in total. The average molecular weight is 391 g/mol. The van der Waals surface area contributed by atoms with E-state index in [0.717, 1.165) is 12.8 Å². The van der Waals surface area contributed by atoms with Crippen LogP contribution < -0.4 is 14.4 Å². The Morgan fingerprint density at radius 2 is 2.00 bits per heavy atom. The number of nitrogens with zero attached hydrogens (tertiary/aromatic N) is 4. The molecule has 1 amide bonds. The van der Waals surface area contributed by atoms with Crippen molar-refractivity contribution < 1.29 is 14.3 Å². The zero-order valence-corrected chi connectivity index (χ0v) is 16.2. The highest BCUT2D eigenvalue weighted by Gasteiger charge is 2.26. The van der Waals surface area contributed by atoms with E-state index in [1.54, 1.807) is 41.6 Å². The van der Waals surface area contributed by atoms with Gasteiger partial charge in [0.1, 0.15) is 11.9 Å². The molecule has 1 aromatic heterocycles. The monoisotopic (exact) mass is 390 g/mol. The van der Waals surface area contributed by atoms with Crippen LogP contribution in [0.5, 0.6) is 11.6 Å². The van der Waals surface area contributed by atoms with Crippen molar-refractivity contribution in [3.05, 3.63) is 41.7 Å². The zero-order valence-electron chi connectivity index (χ0n) is 15.5. The first kappa shape index (κ1) is 19.2. The molecule has 144 valence electrons. The van der Waals surface area contributed by atoms with E-state index in [1.807, 2.05) is 19.0 Å². The number of hydrogen-bond donors (Lipinski definition) is 0. The Labute approximate surface area is 163 Å². The van der Waals surface area contributed by atoms with Crippen LogP contribution in [0.1, 0.15) is 12.8 Å². The quantitative estimate of drug-likeness (QED) is 0.755. The molecule has 2 aromatic rings. The van der Waals surface area contributed by atoms with E-state index in [1.165, 1.54) is 0 Å². The number of amides is 1. The van der Waals surface area contributed by atoms with Gasteiger partial charge in [0.2, 0.25) is 0 Å². The Kier molecular flexibility index (Phi) is 6.34. The highest BCUT2D eigenvalue weighted by molar-refractivity contribution is 6.30. The minimum Gasteiger partial charge on any atom is -0.484 e. The molecule has 0 bridgehead atoms. The van der Waals surface area contributed by atoms with Crippen LogP contribution in [0, 0.1) is 0 Å². The van der Waals surface area contributed by atoms with Gasteiger partial charge in [-0.05, 0) is 37.1 Å². The fraction of sp³-hybridized carbons (Fsp3) is 0.421. The Bertz CT molecular complexity index is 770. The Morgan fingerprint density at radius 3 is 2.74 bits per heavy atom. The van der Waals surface area contributed by atoms with Crippen LogP contribution in [0.4, 0.5) is 5.82 Å². The largest absolute Gasteiger partial charge is 0.484 e. The fourth-order valence-electron chi connectivity index (χ4n) is 2.89. The lowest BCUT2D eigenvalue weighted by Crippen LogP contribution is -2.46. The van der Waals surface area contributed by atoms with E-state index in [-0.39, 0.29) is 18.6 Å². The van der Waals surface area contributed by atoms with Gasteiger partial charge in [-0.15, -0.1) is 0 Å². The fourth-order valence-corrected chi connectivity index (χ4v) is 3.02. The molecule has 0 N–H and O–H groups in total. The minimum absolute atomic E-state index is 0.0115.